The third-order valence-electron chi connectivity index (χ3n) is 4.26. The lowest BCUT2D eigenvalue weighted by molar-refractivity contribution is 0.413. The molecule has 0 saturated carbocycles. The molecular weight excluding hydrogens is 300 g/mol. The number of hydrogen-bond donors (Lipinski definition) is 1. The number of para-hydroxylation sites is 1. The summed E-state index contributed by atoms with van der Waals surface area (Å²) in [6, 6.07) is 8.14. The summed E-state index contributed by atoms with van der Waals surface area (Å²) in [5.41, 5.74) is 4.43. The number of benzene rings is 1. The van der Waals surface area contributed by atoms with Crippen LogP contribution in [-0.4, -0.2) is 36.7 Å². The molecule has 0 spiro atoms. The highest BCUT2D eigenvalue weighted by molar-refractivity contribution is 5.92. The fraction of sp³-hybridized carbons (Fsp3) is 0.368. The highest BCUT2D eigenvalue weighted by Crippen LogP contribution is 2.36. The second kappa shape index (κ2) is 6.91. The second-order valence-electron chi connectivity index (χ2n) is 5.78. The van der Waals surface area contributed by atoms with E-state index in [4.69, 9.17) is 9.72 Å². The van der Waals surface area contributed by atoms with E-state index in [-0.39, 0.29) is 0 Å². The standard InChI is InChI=1S/C19H24N4O/c1-5-20-19-21-13(3)16-11-14(12-23(6-2)18(16)22-19)15-9-7-8-10-17(15)24-4/h7-11H,5-6,12H2,1-4H3,(H,20,21,22). The van der Waals surface area contributed by atoms with Gasteiger partial charge in [-0.25, -0.2) is 4.98 Å². The van der Waals surface area contributed by atoms with Crippen molar-refractivity contribution in [3.63, 3.8) is 0 Å². The van der Waals surface area contributed by atoms with Crippen LogP contribution in [0.2, 0.25) is 0 Å². The number of nitrogens with one attached hydrogen (secondary N) is 1. The summed E-state index contributed by atoms with van der Waals surface area (Å²) >= 11 is 0. The van der Waals surface area contributed by atoms with Gasteiger partial charge in [-0.1, -0.05) is 18.2 Å². The quantitative estimate of drug-likeness (QED) is 0.910. The maximum absolute atomic E-state index is 5.54. The van der Waals surface area contributed by atoms with E-state index in [0.29, 0.717) is 5.95 Å². The van der Waals surface area contributed by atoms with Crippen LogP contribution in [0, 0.1) is 6.92 Å². The van der Waals surface area contributed by atoms with Gasteiger partial charge in [0.2, 0.25) is 5.95 Å². The van der Waals surface area contributed by atoms with Crippen molar-refractivity contribution in [3.8, 4) is 5.75 Å². The van der Waals surface area contributed by atoms with Crippen molar-refractivity contribution in [1.82, 2.24) is 9.97 Å². The molecule has 1 aromatic heterocycles. The highest BCUT2D eigenvalue weighted by Gasteiger charge is 2.23. The Morgan fingerprint density at radius 3 is 2.71 bits per heavy atom. The summed E-state index contributed by atoms with van der Waals surface area (Å²) in [6.07, 6.45) is 2.20. The molecule has 0 fully saturated rings. The molecule has 0 unspecified atom stereocenters. The Morgan fingerprint density at radius 1 is 1.21 bits per heavy atom. The molecule has 2 aromatic rings. The molecule has 3 rings (SSSR count). The van der Waals surface area contributed by atoms with Gasteiger partial charge in [0.05, 0.1) is 12.8 Å². The summed E-state index contributed by atoms with van der Waals surface area (Å²) in [4.78, 5) is 11.6. The number of hydrogen-bond acceptors (Lipinski definition) is 5. The Hall–Kier alpha value is -2.56. The Morgan fingerprint density at radius 2 is 2.00 bits per heavy atom. The molecule has 0 amide bonds. The van der Waals surface area contributed by atoms with Gasteiger partial charge >= 0.3 is 0 Å². The minimum Gasteiger partial charge on any atom is -0.496 e. The van der Waals surface area contributed by atoms with Gasteiger partial charge < -0.3 is 15.0 Å². The Labute approximate surface area is 143 Å². The molecule has 0 atom stereocenters. The number of anilines is 2. The number of likely N-dealkylation sites (N-methyl/N-ethyl adjacent to an activating group) is 1. The zero-order valence-electron chi connectivity index (χ0n) is 14.8. The van der Waals surface area contributed by atoms with E-state index in [1.165, 1.54) is 5.57 Å². The van der Waals surface area contributed by atoms with Gasteiger partial charge in [0, 0.05) is 30.8 Å². The van der Waals surface area contributed by atoms with E-state index in [2.05, 4.69) is 41.2 Å². The zero-order chi connectivity index (χ0) is 17.1. The summed E-state index contributed by atoms with van der Waals surface area (Å²) < 4.78 is 5.54. The predicted molar refractivity (Wildman–Crippen MR) is 99.7 cm³/mol. The van der Waals surface area contributed by atoms with E-state index >= 15 is 0 Å². The fourth-order valence-corrected chi connectivity index (χ4v) is 3.05. The van der Waals surface area contributed by atoms with Crippen molar-refractivity contribution < 1.29 is 4.74 Å². The fourth-order valence-electron chi connectivity index (χ4n) is 3.05. The van der Waals surface area contributed by atoms with Crippen LogP contribution in [0.15, 0.2) is 24.3 Å². The first-order valence-corrected chi connectivity index (χ1v) is 8.39. The molecule has 0 bridgehead atoms. The number of fused-ring (bicyclic) bond motifs is 1. The Balaban J connectivity index is 2.12. The number of aryl methyl sites for hydroxylation is 1. The lowest BCUT2D eigenvalue weighted by atomic mass is 9.97. The largest absolute Gasteiger partial charge is 0.496 e. The molecule has 5 nitrogen and oxygen atoms in total. The van der Waals surface area contributed by atoms with Gasteiger partial charge in [-0.2, -0.15) is 4.98 Å². The van der Waals surface area contributed by atoms with Crippen LogP contribution in [0.1, 0.15) is 30.7 Å². The van der Waals surface area contributed by atoms with E-state index in [1.54, 1.807) is 7.11 Å². The van der Waals surface area contributed by atoms with Crippen molar-refractivity contribution in [2.75, 3.05) is 37.0 Å². The van der Waals surface area contributed by atoms with Crippen molar-refractivity contribution >= 4 is 23.4 Å². The summed E-state index contributed by atoms with van der Waals surface area (Å²) in [5, 5.41) is 3.21. The highest BCUT2D eigenvalue weighted by atomic mass is 16.5. The molecule has 1 N–H and O–H groups in total. The van der Waals surface area contributed by atoms with E-state index < -0.39 is 0 Å². The Bertz CT molecular complexity index is 770. The third kappa shape index (κ3) is 2.94. The van der Waals surface area contributed by atoms with Gasteiger partial charge in [-0.05, 0) is 38.5 Å². The van der Waals surface area contributed by atoms with Crippen LogP contribution in [0.3, 0.4) is 0 Å². The maximum Gasteiger partial charge on any atom is 0.224 e. The summed E-state index contributed by atoms with van der Waals surface area (Å²) in [5.74, 6) is 2.59. The van der Waals surface area contributed by atoms with Crippen LogP contribution in [0.4, 0.5) is 11.8 Å². The number of methoxy groups -OCH3 is 1. The van der Waals surface area contributed by atoms with Crippen LogP contribution in [0.5, 0.6) is 5.75 Å². The van der Waals surface area contributed by atoms with E-state index in [9.17, 15) is 0 Å². The first kappa shape index (κ1) is 16.3. The lowest BCUT2D eigenvalue weighted by Crippen LogP contribution is -2.30. The smallest absolute Gasteiger partial charge is 0.224 e. The molecule has 1 aliphatic rings. The van der Waals surface area contributed by atoms with Gasteiger partial charge in [0.25, 0.3) is 0 Å². The Kier molecular flexibility index (Phi) is 4.69. The third-order valence-corrected chi connectivity index (χ3v) is 4.26. The number of ether oxygens (including phenoxy) is 1. The van der Waals surface area contributed by atoms with Crippen molar-refractivity contribution in [3.05, 3.63) is 41.1 Å². The topological polar surface area (TPSA) is 50.3 Å². The van der Waals surface area contributed by atoms with Crippen LogP contribution >= 0.6 is 0 Å². The molecule has 5 heteroatoms. The minimum absolute atomic E-state index is 0.696. The molecule has 0 aliphatic carbocycles. The van der Waals surface area contributed by atoms with Crippen LogP contribution in [0.25, 0.3) is 11.6 Å². The second-order valence-corrected chi connectivity index (χ2v) is 5.78. The first-order valence-electron chi connectivity index (χ1n) is 8.39. The lowest BCUT2D eigenvalue weighted by Gasteiger charge is -2.30. The number of nitrogens with zero attached hydrogens (tertiary/aromatic N) is 3. The number of aromatic nitrogens is 2. The maximum atomic E-state index is 5.54. The van der Waals surface area contributed by atoms with Gasteiger partial charge in [0.1, 0.15) is 11.6 Å². The molecule has 0 radical (unpaired) electrons. The van der Waals surface area contributed by atoms with Crippen molar-refractivity contribution in [1.29, 1.82) is 0 Å². The minimum atomic E-state index is 0.696. The first-order chi connectivity index (χ1) is 11.7. The van der Waals surface area contributed by atoms with Crippen LogP contribution < -0.4 is 15.0 Å². The zero-order valence-corrected chi connectivity index (χ0v) is 14.8. The summed E-state index contributed by atoms with van der Waals surface area (Å²) in [7, 11) is 1.71. The van der Waals surface area contributed by atoms with Gasteiger partial charge in [-0.3, -0.25) is 0 Å². The molecule has 0 saturated heterocycles. The van der Waals surface area contributed by atoms with E-state index in [0.717, 1.165) is 48.0 Å². The van der Waals surface area contributed by atoms with Crippen LogP contribution in [-0.2, 0) is 0 Å². The van der Waals surface area contributed by atoms with Gasteiger partial charge in [0.15, 0.2) is 0 Å². The summed E-state index contributed by atoms with van der Waals surface area (Å²) in [6.45, 7) is 8.76. The molecular formula is C19H24N4O. The normalized spacial score (nSPS) is 13.3. The molecule has 24 heavy (non-hydrogen) atoms. The van der Waals surface area contributed by atoms with E-state index in [1.807, 2.05) is 25.1 Å². The molecule has 2 heterocycles. The monoisotopic (exact) mass is 324 g/mol. The number of rotatable bonds is 5. The predicted octanol–water partition coefficient (Wildman–Crippen LogP) is 3.61. The van der Waals surface area contributed by atoms with Crippen molar-refractivity contribution in [2.45, 2.75) is 20.8 Å². The SMILES string of the molecule is CCNc1nc(C)c2c(n1)N(CC)CC(c1ccccc1OC)=C2. The molecule has 1 aromatic carbocycles. The van der Waals surface area contributed by atoms with Crippen molar-refractivity contribution in [2.24, 2.45) is 0 Å². The average Bonchev–Trinajstić information content (AvgIpc) is 2.61. The molecule has 1 aliphatic heterocycles. The van der Waals surface area contributed by atoms with Gasteiger partial charge in [-0.15, -0.1) is 0 Å². The molecule has 126 valence electrons. The average molecular weight is 324 g/mol.